The van der Waals surface area contributed by atoms with E-state index in [9.17, 15) is 9.90 Å². The van der Waals surface area contributed by atoms with E-state index >= 15 is 0 Å². The summed E-state index contributed by atoms with van der Waals surface area (Å²) < 4.78 is 15.8. The van der Waals surface area contributed by atoms with Gasteiger partial charge in [-0.05, 0) is 13.8 Å². The number of ether oxygens (including phenoxy) is 3. The first-order valence-corrected chi connectivity index (χ1v) is 4.18. The van der Waals surface area contributed by atoms with Crippen molar-refractivity contribution in [1.82, 2.24) is 0 Å². The molecule has 0 amide bonds. The minimum absolute atomic E-state index is 0.551. The van der Waals surface area contributed by atoms with Crippen molar-refractivity contribution in [3.05, 3.63) is 0 Å². The van der Waals surface area contributed by atoms with Gasteiger partial charge in [0.2, 0.25) is 0 Å². The first-order chi connectivity index (χ1) is 6.03. The zero-order chi connectivity index (χ0) is 9.64. The van der Waals surface area contributed by atoms with Crippen LogP contribution < -0.4 is 0 Å². The van der Waals surface area contributed by atoms with Crippen LogP contribution in [0.1, 0.15) is 13.8 Å². The van der Waals surface area contributed by atoms with E-state index in [1.54, 1.807) is 13.8 Å². The normalized spacial score (nSPS) is 47.6. The maximum Gasteiger partial charge on any atom is 0.190 e. The summed E-state index contributed by atoms with van der Waals surface area (Å²) in [7, 11) is 0. The zero-order valence-corrected chi connectivity index (χ0v) is 7.47. The van der Waals surface area contributed by atoms with Crippen LogP contribution >= 0.6 is 0 Å². The maximum atomic E-state index is 10.4. The van der Waals surface area contributed by atoms with Crippen LogP contribution in [0.5, 0.6) is 0 Å². The first-order valence-electron chi connectivity index (χ1n) is 4.18. The average Bonchev–Trinajstić information content (AvgIpc) is 2.47. The topological polar surface area (TPSA) is 65.0 Å². The number of rotatable bonds is 1. The van der Waals surface area contributed by atoms with Crippen LogP contribution in [-0.2, 0) is 19.0 Å². The van der Waals surface area contributed by atoms with Crippen LogP contribution in [0.2, 0.25) is 0 Å². The van der Waals surface area contributed by atoms with Crippen LogP contribution in [0.25, 0.3) is 0 Å². The quantitative estimate of drug-likeness (QED) is 0.558. The summed E-state index contributed by atoms with van der Waals surface area (Å²) in [5, 5.41) is 9.53. The molecule has 0 aromatic carbocycles. The minimum Gasteiger partial charge on any atom is -0.387 e. The molecule has 2 aliphatic rings. The second kappa shape index (κ2) is 2.75. The lowest BCUT2D eigenvalue weighted by molar-refractivity contribution is -0.212. The van der Waals surface area contributed by atoms with Gasteiger partial charge in [0.15, 0.2) is 18.4 Å². The van der Waals surface area contributed by atoms with Gasteiger partial charge >= 0.3 is 0 Å². The summed E-state index contributed by atoms with van der Waals surface area (Å²) in [5.41, 5.74) is 0. The van der Waals surface area contributed by atoms with Gasteiger partial charge in [-0.25, -0.2) is 0 Å². The lowest BCUT2D eigenvalue weighted by atomic mass is 10.1. The highest BCUT2D eigenvalue weighted by molar-refractivity contribution is 5.58. The SMILES string of the molecule is CC1(C)O[C@H]2O[C@H](C=O)[C@H](O)[C@H]2O1. The van der Waals surface area contributed by atoms with E-state index in [-0.39, 0.29) is 0 Å². The monoisotopic (exact) mass is 188 g/mol. The second-order valence-electron chi connectivity index (χ2n) is 3.70. The smallest absolute Gasteiger partial charge is 0.190 e. The molecule has 0 saturated carbocycles. The maximum absolute atomic E-state index is 10.4. The van der Waals surface area contributed by atoms with Gasteiger partial charge in [-0.1, -0.05) is 0 Å². The van der Waals surface area contributed by atoms with Crippen molar-refractivity contribution in [1.29, 1.82) is 0 Å². The average molecular weight is 188 g/mol. The molecule has 2 heterocycles. The van der Waals surface area contributed by atoms with Crippen LogP contribution in [0.4, 0.5) is 0 Å². The highest BCUT2D eigenvalue weighted by atomic mass is 16.8. The summed E-state index contributed by atoms with van der Waals surface area (Å²) in [6.07, 6.45) is -2.37. The zero-order valence-electron chi connectivity index (χ0n) is 7.47. The number of aliphatic hydroxyl groups excluding tert-OH is 1. The summed E-state index contributed by atoms with van der Waals surface area (Å²) in [4.78, 5) is 10.4. The second-order valence-corrected chi connectivity index (χ2v) is 3.70. The van der Waals surface area contributed by atoms with Gasteiger partial charge < -0.3 is 24.1 Å². The lowest BCUT2D eigenvalue weighted by Gasteiger charge is -2.20. The molecule has 74 valence electrons. The van der Waals surface area contributed by atoms with Crippen LogP contribution in [0.15, 0.2) is 0 Å². The molecule has 2 saturated heterocycles. The molecule has 0 aromatic rings. The van der Waals surface area contributed by atoms with Gasteiger partial charge in [-0.2, -0.15) is 0 Å². The third-order valence-electron chi connectivity index (χ3n) is 2.19. The van der Waals surface area contributed by atoms with Gasteiger partial charge in [0.25, 0.3) is 0 Å². The standard InChI is InChI=1S/C8H12O5/c1-8(2)12-6-5(10)4(3-9)11-7(6)13-8/h3-7,10H,1-2H3/t4-,5+,6-,7-/m1/s1. The molecule has 2 rings (SSSR count). The van der Waals surface area contributed by atoms with Gasteiger partial charge in [-0.15, -0.1) is 0 Å². The van der Waals surface area contributed by atoms with E-state index in [4.69, 9.17) is 14.2 Å². The van der Waals surface area contributed by atoms with Crippen molar-refractivity contribution in [2.45, 2.75) is 44.2 Å². The summed E-state index contributed by atoms with van der Waals surface area (Å²) >= 11 is 0. The van der Waals surface area contributed by atoms with Crippen molar-refractivity contribution >= 4 is 6.29 Å². The predicted octanol–water partition coefficient (Wildman–Crippen LogP) is -0.577. The Balaban J connectivity index is 2.11. The van der Waals surface area contributed by atoms with Gasteiger partial charge in [0.05, 0.1) is 0 Å². The van der Waals surface area contributed by atoms with Crippen LogP contribution in [0, 0.1) is 0 Å². The van der Waals surface area contributed by atoms with Crippen LogP contribution in [0.3, 0.4) is 0 Å². The Hall–Kier alpha value is -0.490. The predicted molar refractivity (Wildman–Crippen MR) is 40.8 cm³/mol. The molecule has 2 fully saturated rings. The van der Waals surface area contributed by atoms with Crippen molar-refractivity contribution < 1.29 is 24.1 Å². The Labute approximate surface area is 75.6 Å². The number of hydrogen-bond acceptors (Lipinski definition) is 5. The Morgan fingerprint density at radius 1 is 1.38 bits per heavy atom. The van der Waals surface area contributed by atoms with Gasteiger partial charge in [0.1, 0.15) is 18.3 Å². The summed E-state index contributed by atoms with van der Waals surface area (Å²) in [6.45, 7) is 3.47. The number of aliphatic hydroxyl groups is 1. The van der Waals surface area contributed by atoms with E-state index in [2.05, 4.69) is 0 Å². The molecule has 0 bridgehead atoms. The number of aldehydes is 1. The molecule has 4 atom stereocenters. The van der Waals surface area contributed by atoms with E-state index < -0.39 is 30.4 Å². The molecule has 0 aromatic heterocycles. The molecular weight excluding hydrogens is 176 g/mol. The fraction of sp³-hybridized carbons (Fsp3) is 0.875. The molecule has 1 N–H and O–H groups in total. The third kappa shape index (κ3) is 1.38. The fourth-order valence-corrected chi connectivity index (χ4v) is 1.63. The number of carbonyl (C=O) groups excluding carboxylic acids is 1. The Bertz CT molecular complexity index is 227. The molecular formula is C8H12O5. The van der Waals surface area contributed by atoms with Crippen molar-refractivity contribution in [3.63, 3.8) is 0 Å². The molecule has 0 unspecified atom stereocenters. The highest BCUT2D eigenvalue weighted by Crippen LogP contribution is 2.36. The van der Waals surface area contributed by atoms with Crippen LogP contribution in [-0.4, -0.2) is 41.8 Å². The lowest BCUT2D eigenvalue weighted by Crippen LogP contribution is -2.35. The summed E-state index contributed by atoms with van der Waals surface area (Å²) in [5.74, 6) is -0.746. The largest absolute Gasteiger partial charge is 0.387 e. The molecule has 2 aliphatic heterocycles. The fourth-order valence-electron chi connectivity index (χ4n) is 1.63. The Morgan fingerprint density at radius 2 is 2.08 bits per heavy atom. The Kier molecular flexibility index (Phi) is 1.92. The summed E-state index contributed by atoms with van der Waals surface area (Å²) in [6, 6.07) is 0. The van der Waals surface area contributed by atoms with Gasteiger partial charge in [-0.3, -0.25) is 0 Å². The highest BCUT2D eigenvalue weighted by Gasteiger charge is 2.54. The number of hydrogen-bond donors (Lipinski definition) is 1. The third-order valence-corrected chi connectivity index (χ3v) is 2.19. The molecule has 13 heavy (non-hydrogen) atoms. The van der Waals surface area contributed by atoms with Crippen molar-refractivity contribution in [2.75, 3.05) is 0 Å². The van der Waals surface area contributed by atoms with E-state index in [1.165, 1.54) is 0 Å². The van der Waals surface area contributed by atoms with Crippen molar-refractivity contribution in [2.24, 2.45) is 0 Å². The molecule has 5 heteroatoms. The molecule has 0 spiro atoms. The number of carbonyl (C=O) groups is 1. The van der Waals surface area contributed by atoms with E-state index in [0.717, 1.165) is 0 Å². The molecule has 0 radical (unpaired) electrons. The minimum atomic E-state index is -0.927. The number of fused-ring (bicyclic) bond motifs is 1. The van der Waals surface area contributed by atoms with Crippen molar-refractivity contribution in [3.8, 4) is 0 Å². The molecule has 5 nitrogen and oxygen atoms in total. The molecule has 0 aliphatic carbocycles. The first kappa shape index (κ1) is 9.08. The van der Waals surface area contributed by atoms with E-state index in [0.29, 0.717) is 6.29 Å². The Morgan fingerprint density at radius 3 is 2.62 bits per heavy atom. The van der Waals surface area contributed by atoms with E-state index in [1.807, 2.05) is 0 Å². The van der Waals surface area contributed by atoms with Gasteiger partial charge in [0, 0.05) is 0 Å².